The van der Waals surface area contributed by atoms with Crippen LogP contribution in [0.3, 0.4) is 0 Å². The van der Waals surface area contributed by atoms with Gasteiger partial charge in [0.25, 0.3) is 5.91 Å². The van der Waals surface area contributed by atoms with Crippen molar-refractivity contribution in [3.8, 4) is 0 Å². The van der Waals surface area contributed by atoms with Crippen LogP contribution in [0, 0.1) is 5.92 Å². The van der Waals surface area contributed by atoms with E-state index in [0.29, 0.717) is 37.5 Å². The Morgan fingerprint density at radius 3 is 2.56 bits per heavy atom. The Morgan fingerprint density at radius 2 is 1.91 bits per heavy atom. The van der Waals surface area contributed by atoms with Crippen molar-refractivity contribution in [2.45, 2.75) is 37.8 Å². The maximum Gasteiger partial charge on any atom is 0.264 e. The molecule has 3 amide bonds. The van der Waals surface area contributed by atoms with Gasteiger partial charge in [0.1, 0.15) is 6.04 Å². The van der Waals surface area contributed by atoms with Gasteiger partial charge in [0.15, 0.2) is 0 Å². The number of thiophene rings is 1. The SMILES string of the molecule is NCCNC(=O)C1CC(N(CCc2ccccc2)C(=O)c2cccs2)CN1C(=O)C1CC1. The zero-order valence-corrected chi connectivity index (χ0v) is 18.9. The van der Waals surface area contributed by atoms with E-state index >= 15 is 0 Å². The molecule has 0 radical (unpaired) electrons. The topological polar surface area (TPSA) is 95.7 Å². The van der Waals surface area contributed by atoms with Crippen LogP contribution in [-0.4, -0.2) is 65.8 Å². The minimum Gasteiger partial charge on any atom is -0.353 e. The summed E-state index contributed by atoms with van der Waals surface area (Å²) in [4.78, 5) is 43.4. The highest BCUT2D eigenvalue weighted by molar-refractivity contribution is 7.12. The summed E-state index contributed by atoms with van der Waals surface area (Å²) in [6, 6.07) is 13.0. The van der Waals surface area contributed by atoms with E-state index in [1.807, 2.05) is 40.6 Å². The lowest BCUT2D eigenvalue weighted by Gasteiger charge is -2.29. The number of amides is 3. The first-order chi connectivity index (χ1) is 15.6. The second-order valence-corrected chi connectivity index (χ2v) is 9.41. The summed E-state index contributed by atoms with van der Waals surface area (Å²) in [6.07, 6.45) is 2.92. The van der Waals surface area contributed by atoms with Crippen LogP contribution in [0.4, 0.5) is 0 Å². The molecule has 7 nitrogen and oxygen atoms in total. The molecule has 2 unspecified atom stereocenters. The first-order valence-corrected chi connectivity index (χ1v) is 12.1. The average molecular weight is 455 g/mol. The quantitative estimate of drug-likeness (QED) is 0.605. The Labute approximate surface area is 192 Å². The van der Waals surface area contributed by atoms with Crippen LogP contribution in [0.2, 0.25) is 0 Å². The zero-order valence-electron chi connectivity index (χ0n) is 18.1. The lowest BCUT2D eigenvalue weighted by molar-refractivity contribution is -0.139. The number of nitrogens with two attached hydrogens (primary N) is 1. The molecule has 32 heavy (non-hydrogen) atoms. The number of nitrogens with one attached hydrogen (secondary N) is 1. The van der Waals surface area contributed by atoms with Crippen molar-refractivity contribution in [1.29, 1.82) is 0 Å². The van der Waals surface area contributed by atoms with Crippen molar-refractivity contribution in [2.75, 3.05) is 26.2 Å². The number of carbonyl (C=O) groups excluding carboxylic acids is 3. The fraction of sp³-hybridized carbons (Fsp3) is 0.458. The standard InChI is InChI=1S/C24H30N4O3S/c25-11-12-26-22(29)20-15-19(16-28(20)23(30)18-8-9-18)27(24(31)21-7-4-14-32-21)13-10-17-5-2-1-3-6-17/h1-7,14,18-20H,8-13,15-16,25H2,(H,26,29). The van der Waals surface area contributed by atoms with Crippen LogP contribution in [0.15, 0.2) is 47.8 Å². The predicted molar refractivity (Wildman–Crippen MR) is 124 cm³/mol. The number of carbonyl (C=O) groups is 3. The molecule has 1 saturated heterocycles. The normalized spacial score (nSPS) is 20.2. The molecular formula is C24H30N4O3S. The van der Waals surface area contributed by atoms with E-state index in [0.717, 1.165) is 24.8 Å². The predicted octanol–water partition coefficient (Wildman–Crippen LogP) is 1.89. The molecule has 1 aromatic heterocycles. The van der Waals surface area contributed by atoms with Gasteiger partial charge in [-0.1, -0.05) is 36.4 Å². The van der Waals surface area contributed by atoms with Gasteiger partial charge in [0.2, 0.25) is 11.8 Å². The molecule has 0 bridgehead atoms. The van der Waals surface area contributed by atoms with Crippen molar-refractivity contribution in [3.05, 3.63) is 58.3 Å². The Bertz CT molecular complexity index is 930. The number of benzene rings is 1. The van der Waals surface area contributed by atoms with Gasteiger partial charge < -0.3 is 20.9 Å². The molecule has 3 N–H and O–H groups in total. The monoisotopic (exact) mass is 454 g/mol. The minimum absolute atomic E-state index is 0.0179. The first-order valence-electron chi connectivity index (χ1n) is 11.2. The highest BCUT2D eigenvalue weighted by Crippen LogP contribution is 2.35. The van der Waals surface area contributed by atoms with Crippen LogP contribution in [0.5, 0.6) is 0 Å². The van der Waals surface area contributed by atoms with E-state index in [1.54, 1.807) is 4.90 Å². The Kier molecular flexibility index (Phi) is 7.22. The van der Waals surface area contributed by atoms with Gasteiger partial charge in [-0.15, -0.1) is 11.3 Å². The molecule has 2 fully saturated rings. The van der Waals surface area contributed by atoms with E-state index < -0.39 is 6.04 Å². The van der Waals surface area contributed by atoms with Crippen molar-refractivity contribution in [3.63, 3.8) is 0 Å². The molecule has 0 spiro atoms. The summed E-state index contributed by atoms with van der Waals surface area (Å²) >= 11 is 1.42. The third-order valence-electron chi connectivity index (χ3n) is 6.15. The second-order valence-electron chi connectivity index (χ2n) is 8.46. The summed E-state index contributed by atoms with van der Waals surface area (Å²) in [7, 11) is 0. The molecule has 2 heterocycles. The number of nitrogens with zero attached hydrogens (tertiary/aromatic N) is 2. The molecule has 4 rings (SSSR count). The zero-order chi connectivity index (χ0) is 22.5. The van der Waals surface area contributed by atoms with E-state index in [-0.39, 0.29) is 29.7 Å². The fourth-order valence-electron chi connectivity index (χ4n) is 4.30. The van der Waals surface area contributed by atoms with E-state index in [4.69, 9.17) is 5.73 Å². The van der Waals surface area contributed by atoms with Crippen LogP contribution in [-0.2, 0) is 16.0 Å². The van der Waals surface area contributed by atoms with Gasteiger partial charge in [0, 0.05) is 32.1 Å². The Hall–Kier alpha value is -2.71. The summed E-state index contributed by atoms with van der Waals surface area (Å²) in [5.41, 5.74) is 6.70. The van der Waals surface area contributed by atoms with E-state index in [9.17, 15) is 14.4 Å². The maximum absolute atomic E-state index is 13.4. The largest absolute Gasteiger partial charge is 0.353 e. The number of hydrogen-bond donors (Lipinski definition) is 2. The molecule has 2 aliphatic rings. The lowest BCUT2D eigenvalue weighted by Crippen LogP contribution is -2.47. The van der Waals surface area contributed by atoms with Crippen LogP contribution in [0.1, 0.15) is 34.5 Å². The van der Waals surface area contributed by atoms with Crippen LogP contribution >= 0.6 is 11.3 Å². The first kappa shape index (κ1) is 22.5. The van der Waals surface area contributed by atoms with E-state index in [2.05, 4.69) is 17.4 Å². The van der Waals surface area contributed by atoms with Gasteiger partial charge in [-0.3, -0.25) is 14.4 Å². The molecule has 1 saturated carbocycles. The number of likely N-dealkylation sites (tertiary alicyclic amines) is 1. The summed E-state index contributed by atoms with van der Waals surface area (Å²) < 4.78 is 0. The second kappa shape index (κ2) is 10.3. The van der Waals surface area contributed by atoms with Gasteiger partial charge in [-0.2, -0.15) is 0 Å². The molecule has 8 heteroatoms. The average Bonchev–Trinajstić information content (AvgIpc) is 3.33. The van der Waals surface area contributed by atoms with Crippen molar-refractivity contribution in [1.82, 2.24) is 15.1 Å². The van der Waals surface area contributed by atoms with Crippen molar-refractivity contribution >= 4 is 29.1 Å². The summed E-state index contributed by atoms with van der Waals surface area (Å²) in [6.45, 7) is 1.64. The summed E-state index contributed by atoms with van der Waals surface area (Å²) in [5.74, 6) is -0.169. The maximum atomic E-state index is 13.4. The van der Waals surface area contributed by atoms with Gasteiger partial charge in [-0.05, 0) is 42.7 Å². The highest BCUT2D eigenvalue weighted by atomic mass is 32.1. The van der Waals surface area contributed by atoms with Crippen LogP contribution < -0.4 is 11.1 Å². The van der Waals surface area contributed by atoms with Crippen molar-refractivity contribution in [2.24, 2.45) is 11.7 Å². The summed E-state index contributed by atoms with van der Waals surface area (Å²) in [5, 5.41) is 4.73. The van der Waals surface area contributed by atoms with Crippen molar-refractivity contribution < 1.29 is 14.4 Å². The number of hydrogen-bond acceptors (Lipinski definition) is 5. The lowest BCUT2D eigenvalue weighted by atomic mass is 10.1. The number of rotatable bonds is 9. The molecular weight excluding hydrogens is 424 g/mol. The molecule has 1 aromatic carbocycles. The highest BCUT2D eigenvalue weighted by Gasteiger charge is 2.46. The molecule has 2 aromatic rings. The van der Waals surface area contributed by atoms with Gasteiger partial charge in [-0.25, -0.2) is 0 Å². The van der Waals surface area contributed by atoms with Gasteiger partial charge in [0.05, 0.1) is 10.9 Å². The minimum atomic E-state index is -0.560. The third-order valence-corrected chi connectivity index (χ3v) is 7.01. The fourth-order valence-corrected chi connectivity index (χ4v) is 4.97. The third kappa shape index (κ3) is 5.19. The molecule has 1 aliphatic heterocycles. The smallest absolute Gasteiger partial charge is 0.264 e. The Balaban J connectivity index is 1.55. The molecule has 1 aliphatic carbocycles. The van der Waals surface area contributed by atoms with Gasteiger partial charge >= 0.3 is 0 Å². The molecule has 170 valence electrons. The Morgan fingerprint density at radius 1 is 1.12 bits per heavy atom. The molecule has 2 atom stereocenters. The van der Waals surface area contributed by atoms with Crippen LogP contribution in [0.25, 0.3) is 0 Å². The van der Waals surface area contributed by atoms with E-state index in [1.165, 1.54) is 11.3 Å².